The van der Waals surface area contributed by atoms with Gasteiger partial charge in [-0.25, -0.2) is 37.5 Å². The molecule has 16 nitrogen and oxygen atoms in total. The lowest BCUT2D eigenvalue weighted by molar-refractivity contribution is -0.140. The van der Waals surface area contributed by atoms with Gasteiger partial charge < -0.3 is 29.0 Å². The fourth-order valence-corrected chi connectivity index (χ4v) is 8.32. The van der Waals surface area contributed by atoms with E-state index in [1.807, 2.05) is 13.8 Å². The molecule has 8 rings (SSSR count). The van der Waals surface area contributed by atoms with Crippen LogP contribution in [0.4, 0.5) is 30.6 Å². The van der Waals surface area contributed by atoms with Crippen LogP contribution in [0.25, 0.3) is 22.2 Å². The maximum atomic E-state index is 15.9. The Morgan fingerprint density at radius 1 is 1.00 bits per heavy atom. The second-order valence-electron chi connectivity index (χ2n) is 14.7. The standard InChI is InChI=1S/C37H39F3N10O6S/c1-20(2)31(36(52)53)29-12-30(45-56-29)48-18-24(19-48)46-7-9-47(10-8-46)37-43-14-22(15-44-37)21-11-25-26(16-42-35(25)41-13-21)34(51)32-27(39)3-4-28(33(32)40)50(57(54)55)49-6-5-23(38)17-49/h3-4,11-16,20,23-24,31H,5-10,17-19H2,1-2H3,(H,41,42)(H,52,53)(H,54,55)/p-1/t23-,31?/m1/s1. The molecule has 20 heteroatoms. The molecule has 57 heavy (non-hydrogen) atoms. The van der Waals surface area contributed by atoms with E-state index < -0.39 is 58.0 Å². The summed E-state index contributed by atoms with van der Waals surface area (Å²) in [6.07, 6.45) is 4.81. The first kappa shape index (κ1) is 38.4. The highest BCUT2D eigenvalue weighted by atomic mass is 32.2. The molecular formula is C37H38F3N10O6S-. The molecule has 0 aliphatic carbocycles. The maximum Gasteiger partial charge on any atom is 0.314 e. The first-order valence-electron chi connectivity index (χ1n) is 18.4. The Bertz CT molecular complexity index is 2330. The summed E-state index contributed by atoms with van der Waals surface area (Å²) in [5, 5.41) is 15.1. The number of carboxylic acids is 1. The summed E-state index contributed by atoms with van der Waals surface area (Å²) < 4.78 is 75.1. The van der Waals surface area contributed by atoms with Crippen LogP contribution in [0.5, 0.6) is 0 Å². The number of carbonyl (C=O) groups excluding carboxylic acids is 1. The number of aromatic amines is 1. The molecule has 2 unspecified atom stereocenters. The van der Waals surface area contributed by atoms with Crippen molar-refractivity contribution in [3.05, 3.63) is 77.6 Å². The van der Waals surface area contributed by atoms with Crippen molar-refractivity contribution in [1.82, 2.24) is 35.0 Å². The van der Waals surface area contributed by atoms with Gasteiger partial charge in [0.15, 0.2) is 17.4 Å². The Balaban J connectivity index is 0.922. The topological polar surface area (TPSA) is 191 Å². The van der Waals surface area contributed by atoms with E-state index in [9.17, 15) is 27.8 Å². The van der Waals surface area contributed by atoms with Crippen LogP contribution in [0.2, 0.25) is 0 Å². The van der Waals surface area contributed by atoms with Gasteiger partial charge in [-0.15, -0.1) is 0 Å². The van der Waals surface area contributed by atoms with Gasteiger partial charge in [-0.3, -0.25) is 18.7 Å². The van der Waals surface area contributed by atoms with Crippen LogP contribution >= 0.6 is 0 Å². The number of aliphatic carboxylic acids is 1. The number of hydrogen-bond donors (Lipinski definition) is 2. The molecule has 0 amide bonds. The number of aromatic nitrogens is 5. The molecule has 7 heterocycles. The first-order valence-corrected chi connectivity index (χ1v) is 19.4. The van der Waals surface area contributed by atoms with Crippen molar-refractivity contribution < 1.29 is 41.2 Å². The second kappa shape index (κ2) is 15.5. The molecule has 3 saturated heterocycles. The molecule has 0 radical (unpaired) electrons. The van der Waals surface area contributed by atoms with Crippen molar-refractivity contribution in [2.75, 3.05) is 66.6 Å². The monoisotopic (exact) mass is 807 g/mol. The lowest BCUT2D eigenvalue weighted by atomic mass is 9.93. The van der Waals surface area contributed by atoms with Crippen LogP contribution < -0.4 is 14.2 Å². The molecule has 2 N–H and O–H groups in total. The number of benzene rings is 1. The van der Waals surface area contributed by atoms with E-state index in [-0.39, 0.29) is 42.0 Å². The molecule has 3 aliphatic heterocycles. The molecule has 0 spiro atoms. The van der Waals surface area contributed by atoms with Crippen LogP contribution in [-0.2, 0) is 16.1 Å². The van der Waals surface area contributed by atoms with Gasteiger partial charge in [0.2, 0.25) is 11.7 Å². The summed E-state index contributed by atoms with van der Waals surface area (Å²) in [5.74, 6) is -3.91. The summed E-state index contributed by atoms with van der Waals surface area (Å²) in [5.41, 5.74) is -0.254. The molecule has 300 valence electrons. The minimum Gasteiger partial charge on any atom is -0.754 e. The van der Waals surface area contributed by atoms with E-state index in [1.165, 1.54) is 6.20 Å². The summed E-state index contributed by atoms with van der Waals surface area (Å²) >= 11 is -3.08. The number of nitrogens with zero attached hydrogens (tertiary/aromatic N) is 9. The zero-order chi connectivity index (χ0) is 40.1. The van der Waals surface area contributed by atoms with Gasteiger partial charge in [-0.1, -0.05) is 19.0 Å². The van der Waals surface area contributed by atoms with Gasteiger partial charge in [0.05, 0.1) is 23.4 Å². The fraction of sp³-hybridized carbons (Fsp3) is 0.405. The Morgan fingerprint density at radius 2 is 1.72 bits per heavy atom. The van der Waals surface area contributed by atoms with Gasteiger partial charge in [0, 0.05) is 105 Å². The van der Waals surface area contributed by atoms with Crippen LogP contribution in [-0.4, -0.2) is 125 Å². The molecule has 1 aromatic carbocycles. The lowest BCUT2D eigenvalue weighted by Gasteiger charge is -2.48. The predicted molar refractivity (Wildman–Crippen MR) is 201 cm³/mol. The van der Waals surface area contributed by atoms with Crippen molar-refractivity contribution in [2.45, 2.75) is 38.4 Å². The number of hydrogen-bond acceptors (Lipinski definition) is 13. The van der Waals surface area contributed by atoms with E-state index in [2.05, 4.69) is 39.8 Å². The number of carboxylic acid groups (broad SMARTS) is 1. The zero-order valence-corrected chi connectivity index (χ0v) is 31.7. The van der Waals surface area contributed by atoms with Crippen LogP contribution in [0.3, 0.4) is 0 Å². The van der Waals surface area contributed by atoms with Crippen LogP contribution in [0.1, 0.15) is 47.9 Å². The molecular weight excluding hydrogens is 770 g/mol. The number of H-pyrrole nitrogens is 1. The number of carbonyl (C=O) groups is 2. The van der Waals surface area contributed by atoms with Crippen molar-refractivity contribution in [3.63, 3.8) is 0 Å². The number of fused-ring (bicyclic) bond motifs is 1. The molecule has 3 atom stereocenters. The summed E-state index contributed by atoms with van der Waals surface area (Å²) in [6, 6.07) is 5.37. The van der Waals surface area contributed by atoms with Gasteiger partial charge in [0.25, 0.3) is 0 Å². The Morgan fingerprint density at radius 3 is 2.37 bits per heavy atom. The van der Waals surface area contributed by atoms with Crippen molar-refractivity contribution >= 4 is 51.5 Å². The van der Waals surface area contributed by atoms with E-state index >= 15 is 8.78 Å². The maximum absolute atomic E-state index is 15.9. The number of pyridine rings is 1. The number of hydrazine groups is 1. The normalized spacial score (nSPS) is 19.3. The average molecular weight is 808 g/mol. The van der Waals surface area contributed by atoms with Crippen LogP contribution in [0.15, 0.2) is 53.6 Å². The molecule has 3 aliphatic rings. The number of alkyl halides is 1. The number of halogens is 3. The lowest BCUT2D eigenvalue weighted by Crippen LogP contribution is -2.63. The third-order valence-corrected chi connectivity index (χ3v) is 11.5. The number of anilines is 3. The summed E-state index contributed by atoms with van der Waals surface area (Å²) in [4.78, 5) is 48.4. The Labute approximate surface area is 326 Å². The predicted octanol–water partition coefficient (Wildman–Crippen LogP) is 3.91. The van der Waals surface area contributed by atoms with Gasteiger partial charge in [0.1, 0.15) is 29.2 Å². The van der Waals surface area contributed by atoms with Crippen LogP contribution in [0, 0.1) is 17.6 Å². The minimum atomic E-state index is -3.08. The van der Waals surface area contributed by atoms with E-state index in [1.54, 1.807) is 30.7 Å². The Kier molecular flexibility index (Phi) is 10.4. The third kappa shape index (κ3) is 7.33. The highest BCUT2D eigenvalue weighted by Crippen LogP contribution is 2.34. The number of ketones is 1. The van der Waals surface area contributed by atoms with Crippen molar-refractivity contribution in [2.24, 2.45) is 5.92 Å². The largest absolute Gasteiger partial charge is 0.754 e. The molecule has 0 saturated carbocycles. The highest BCUT2D eigenvalue weighted by molar-refractivity contribution is 7.80. The van der Waals surface area contributed by atoms with Gasteiger partial charge in [-0.05, 0) is 30.5 Å². The summed E-state index contributed by atoms with van der Waals surface area (Å²) in [7, 11) is 0. The number of piperazine rings is 1. The number of nitrogens with one attached hydrogen (secondary N) is 1. The third-order valence-electron chi connectivity index (χ3n) is 10.8. The zero-order valence-electron chi connectivity index (χ0n) is 30.8. The van der Waals surface area contributed by atoms with E-state index in [0.29, 0.717) is 52.2 Å². The molecule has 5 aromatic rings. The quantitative estimate of drug-likeness (QED) is 0.136. The van der Waals surface area contributed by atoms with Gasteiger partial charge in [-0.2, -0.15) is 0 Å². The Hall–Kier alpha value is -5.44. The fourth-order valence-electron chi connectivity index (χ4n) is 7.68. The minimum absolute atomic E-state index is 0.0142. The molecule has 3 fully saturated rings. The first-order chi connectivity index (χ1) is 27.4. The number of rotatable bonds is 12. The van der Waals surface area contributed by atoms with E-state index in [0.717, 1.165) is 43.3 Å². The van der Waals surface area contributed by atoms with Crippen molar-refractivity contribution in [3.8, 4) is 11.1 Å². The van der Waals surface area contributed by atoms with Gasteiger partial charge >= 0.3 is 5.97 Å². The van der Waals surface area contributed by atoms with E-state index in [4.69, 9.17) is 4.52 Å². The average Bonchev–Trinajstić information content (AvgIpc) is 3.92. The second-order valence-corrected chi connectivity index (χ2v) is 15.5. The highest BCUT2D eigenvalue weighted by Gasteiger charge is 2.37. The molecule has 0 bridgehead atoms. The molecule has 4 aromatic heterocycles. The smallest absolute Gasteiger partial charge is 0.314 e. The summed E-state index contributed by atoms with van der Waals surface area (Å²) in [6.45, 7) is 7.84. The SMILES string of the molecule is CC(C)C(C(=O)O)c1cc(N2CC(N3CCN(c4ncc(-c5cnc6[nH]cc(C(=O)c7c(F)ccc(N(N8CC[C@@H](F)C8)S(=O)[O-])c7F)c6c5)cn4)CC3)C2)no1. The van der Waals surface area contributed by atoms with Crippen molar-refractivity contribution in [1.29, 1.82) is 0 Å².